The molecule has 140 valence electrons. The van der Waals surface area contributed by atoms with Gasteiger partial charge in [0, 0.05) is 31.7 Å². The van der Waals surface area contributed by atoms with E-state index in [4.69, 9.17) is 13.7 Å². The van der Waals surface area contributed by atoms with Crippen molar-refractivity contribution in [3.8, 4) is 0 Å². The number of carbonyl (C=O) groups excluding carboxylic acids is 1. The van der Waals surface area contributed by atoms with E-state index in [1.165, 1.54) is 11.8 Å². The highest BCUT2D eigenvalue weighted by Crippen LogP contribution is 2.37. The fraction of sp³-hybridized carbons (Fsp3) is 0.579. The lowest BCUT2D eigenvalue weighted by Gasteiger charge is -2.53. The highest BCUT2D eigenvalue weighted by molar-refractivity contribution is 5.91. The van der Waals surface area contributed by atoms with Crippen LogP contribution >= 0.6 is 0 Å². The molecule has 1 amide bonds. The molecule has 1 spiro atoms. The van der Waals surface area contributed by atoms with Crippen LogP contribution in [0.4, 0.5) is 0 Å². The molecule has 26 heavy (non-hydrogen) atoms. The molecule has 2 aliphatic heterocycles. The van der Waals surface area contributed by atoms with Gasteiger partial charge in [0.05, 0.1) is 24.2 Å². The average Bonchev–Trinajstić information content (AvgIpc) is 3.25. The predicted molar refractivity (Wildman–Crippen MR) is 93.7 cm³/mol. The summed E-state index contributed by atoms with van der Waals surface area (Å²) in [6.07, 6.45) is 3.61. The molecule has 1 N–H and O–H groups in total. The Hall–Kier alpha value is -2.12. The number of amides is 1. The Labute approximate surface area is 152 Å². The van der Waals surface area contributed by atoms with E-state index in [-0.39, 0.29) is 11.5 Å². The summed E-state index contributed by atoms with van der Waals surface area (Å²) in [5.41, 5.74) is 2.15. The Bertz CT molecular complexity index is 732. The summed E-state index contributed by atoms with van der Waals surface area (Å²) in [5.74, 6) is 1.45. The third kappa shape index (κ3) is 3.41. The highest BCUT2D eigenvalue weighted by Gasteiger charge is 2.46. The molecule has 0 radical (unpaired) electrons. The van der Waals surface area contributed by atoms with E-state index in [1.807, 2.05) is 13.8 Å². The second kappa shape index (κ2) is 6.89. The van der Waals surface area contributed by atoms with E-state index in [0.717, 1.165) is 43.9 Å². The fourth-order valence-electron chi connectivity index (χ4n) is 3.89. The van der Waals surface area contributed by atoms with Crippen LogP contribution in [-0.4, -0.2) is 47.8 Å². The van der Waals surface area contributed by atoms with Gasteiger partial charge in [-0.1, -0.05) is 5.16 Å². The molecule has 2 fully saturated rings. The number of hydrogen-bond acceptors (Lipinski definition) is 6. The summed E-state index contributed by atoms with van der Waals surface area (Å²) in [5, 5.41) is 6.95. The predicted octanol–water partition coefficient (Wildman–Crippen LogP) is 2.30. The average molecular weight is 359 g/mol. The first kappa shape index (κ1) is 17.3. The summed E-state index contributed by atoms with van der Waals surface area (Å²) in [4.78, 5) is 14.3. The number of carbonyl (C=O) groups is 1. The number of likely N-dealkylation sites (tertiary alicyclic amines) is 1. The molecule has 1 atom stereocenters. The molecule has 2 aromatic heterocycles. The second-order valence-corrected chi connectivity index (χ2v) is 7.53. The van der Waals surface area contributed by atoms with Crippen molar-refractivity contribution in [3.63, 3.8) is 0 Å². The SMILES string of the molecule is Cc1noc(C)c1CN1CC2(CC[C@H](CNC(=O)c3ccco3)CO2)C1. The van der Waals surface area contributed by atoms with Gasteiger partial charge >= 0.3 is 0 Å². The molecule has 2 saturated heterocycles. The molecule has 2 aromatic rings. The molecule has 2 aliphatic rings. The van der Waals surface area contributed by atoms with E-state index >= 15 is 0 Å². The van der Waals surface area contributed by atoms with Crippen molar-refractivity contribution in [2.24, 2.45) is 5.92 Å². The van der Waals surface area contributed by atoms with Crippen LogP contribution in [0.15, 0.2) is 27.3 Å². The molecule has 4 rings (SSSR count). The quantitative estimate of drug-likeness (QED) is 0.882. The molecular formula is C19H25N3O4. The van der Waals surface area contributed by atoms with Gasteiger partial charge in [0.2, 0.25) is 0 Å². The molecule has 4 heterocycles. The van der Waals surface area contributed by atoms with Gasteiger partial charge in [-0.15, -0.1) is 0 Å². The number of aryl methyl sites for hydroxylation is 2. The van der Waals surface area contributed by atoms with Crippen molar-refractivity contribution in [1.29, 1.82) is 0 Å². The van der Waals surface area contributed by atoms with E-state index in [1.54, 1.807) is 12.1 Å². The molecule has 0 unspecified atom stereocenters. The fourth-order valence-corrected chi connectivity index (χ4v) is 3.89. The van der Waals surface area contributed by atoms with Crippen LogP contribution in [0.25, 0.3) is 0 Å². The number of rotatable bonds is 5. The van der Waals surface area contributed by atoms with Gasteiger partial charge in [-0.3, -0.25) is 9.69 Å². The largest absolute Gasteiger partial charge is 0.459 e. The van der Waals surface area contributed by atoms with Crippen LogP contribution in [0.1, 0.15) is 40.4 Å². The Morgan fingerprint density at radius 3 is 2.88 bits per heavy atom. The smallest absolute Gasteiger partial charge is 0.286 e. The number of furan rings is 1. The normalized spacial score (nSPS) is 22.3. The van der Waals surface area contributed by atoms with Gasteiger partial charge in [0.25, 0.3) is 5.91 Å². The molecular weight excluding hydrogens is 334 g/mol. The summed E-state index contributed by atoms with van der Waals surface area (Å²) in [6, 6.07) is 3.39. The molecule has 7 nitrogen and oxygen atoms in total. The van der Waals surface area contributed by atoms with Gasteiger partial charge in [-0.05, 0) is 44.7 Å². The third-order valence-electron chi connectivity index (χ3n) is 5.52. The lowest BCUT2D eigenvalue weighted by atomic mass is 9.82. The Balaban J connectivity index is 1.20. The van der Waals surface area contributed by atoms with E-state index < -0.39 is 0 Å². The van der Waals surface area contributed by atoms with E-state index in [2.05, 4.69) is 15.4 Å². The van der Waals surface area contributed by atoms with Crippen LogP contribution in [0.3, 0.4) is 0 Å². The Morgan fingerprint density at radius 2 is 2.27 bits per heavy atom. The minimum Gasteiger partial charge on any atom is -0.459 e. The number of nitrogens with zero attached hydrogens (tertiary/aromatic N) is 2. The van der Waals surface area contributed by atoms with Crippen LogP contribution in [-0.2, 0) is 11.3 Å². The zero-order valence-electron chi connectivity index (χ0n) is 15.3. The number of nitrogens with one attached hydrogen (secondary N) is 1. The standard InChI is InChI=1S/C19H25N3O4/c1-13-16(14(2)26-21-13)9-22-11-19(12-22)6-5-15(10-25-19)8-20-18(23)17-4-3-7-24-17/h3-4,7,15H,5-6,8-12H2,1-2H3,(H,20,23)/t15-/m1/s1. The third-order valence-corrected chi connectivity index (χ3v) is 5.52. The minimum absolute atomic E-state index is 0.0134. The number of aromatic nitrogens is 1. The molecule has 0 saturated carbocycles. The second-order valence-electron chi connectivity index (χ2n) is 7.53. The van der Waals surface area contributed by atoms with Crippen molar-refractivity contribution in [2.75, 3.05) is 26.2 Å². The Kier molecular flexibility index (Phi) is 4.58. The van der Waals surface area contributed by atoms with Crippen molar-refractivity contribution in [2.45, 2.75) is 38.8 Å². The van der Waals surface area contributed by atoms with Gasteiger partial charge in [-0.2, -0.15) is 0 Å². The lowest BCUT2D eigenvalue weighted by molar-refractivity contribution is -0.181. The van der Waals surface area contributed by atoms with Crippen molar-refractivity contribution in [3.05, 3.63) is 41.2 Å². The van der Waals surface area contributed by atoms with Gasteiger partial charge < -0.3 is 19.0 Å². The number of hydrogen-bond donors (Lipinski definition) is 1. The van der Waals surface area contributed by atoms with E-state index in [9.17, 15) is 4.79 Å². The summed E-state index contributed by atoms with van der Waals surface area (Å²) in [6.45, 7) is 8.03. The summed E-state index contributed by atoms with van der Waals surface area (Å²) >= 11 is 0. The maximum absolute atomic E-state index is 11.9. The van der Waals surface area contributed by atoms with Gasteiger partial charge in [0.15, 0.2) is 5.76 Å². The van der Waals surface area contributed by atoms with Crippen LogP contribution in [0.5, 0.6) is 0 Å². The van der Waals surface area contributed by atoms with Crippen LogP contribution in [0.2, 0.25) is 0 Å². The zero-order valence-corrected chi connectivity index (χ0v) is 15.3. The van der Waals surface area contributed by atoms with Crippen molar-refractivity contribution < 1.29 is 18.5 Å². The first-order valence-electron chi connectivity index (χ1n) is 9.14. The van der Waals surface area contributed by atoms with Crippen LogP contribution in [0, 0.1) is 19.8 Å². The molecule has 0 bridgehead atoms. The maximum Gasteiger partial charge on any atom is 0.286 e. The minimum atomic E-state index is -0.162. The maximum atomic E-state index is 11.9. The molecule has 7 heteroatoms. The summed E-state index contributed by atoms with van der Waals surface area (Å²) in [7, 11) is 0. The first-order chi connectivity index (χ1) is 12.5. The lowest BCUT2D eigenvalue weighted by Crippen LogP contribution is -2.64. The monoisotopic (exact) mass is 359 g/mol. The van der Waals surface area contributed by atoms with E-state index in [0.29, 0.717) is 24.8 Å². The highest BCUT2D eigenvalue weighted by atomic mass is 16.5. The molecule has 0 aliphatic carbocycles. The van der Waals surface area contributed by atoms with Crippen molar-refractivity contribution >= 4 is 5.91 Å². The topological polar surface area (TPSA) is 80.7 Å². The van der Waals surface area contributed by atoms with Crippen molar-refractivity contribution in [1.82, 2.24) is 15.4 Å². The van der Waals surface area contributed by atoms with Crippen LogP contribution < -0.4 is 5.32 Å². The molecule has 0 aromatic carbocycles. The zero-order chi connectivity index (χ0) is 18.1. The van der Waals surface area contributed by atoms with Gasteiger partial charge in [0.1, 0.15) is 5.76 Å². The Morgan fingerprint density at radius 1 is 1.42 bits per heavy atom. The summed E-state index contributed by atoms with van der Waals surface area (Å²) < 4.78 is 16.5. The number of ether oxygens (including phenoxy) is 1. The first-order valence-corrected chi connectivity index (χ1v) is 9.14. The van der Waals surface area contributed by atoms with Gasteiger partial charge in [-0.25, -0.2) is 0 Å².